The van der Waals surface area contributed by atoms with Crippen LogP contribution in [0.4, 0.5) is 0 Å². The van der Waals surface area contributed by atoms with Gasteiger partial charge in [0.2, 0.25) is 0 Å². The minimum atomic E-state index is 0.578. The number of rotatable bonds is 3. The van der Waals surface area contributed by atoms with Gasteiger partial charge < -0.3 is 4.74 Å². The quantitative estimate of drug-likeness (QED) is 0.328. The summed E-state index contributed by atoms with van der Waals surface area (Å²) in [6.07, 6.45) is 3.43. The Hall–Kier alpha value is -2.32. The molecule has 1 nitrogen and oxygen atoms in total. The van der Waals surface area contributed by atoms with E-state index in [1.165, 1.54) is 39.1 Å². The van der Waals surface area contributed by atoms with Crippen LogP contribution in [0.2, 0.25) is 0 Å². The van der Waals surface area contributed by atoms with Crippen LogP contribution in [0.3, 0.4) is 0 Å². The van der Waals surface area contributed by atoms with E-state index >= 15 is 0 Å². The molecule has 0 N–H and O–H groups in total. The van der Waals surface area contributed by atoms with E-state index in [0.29, 0.717) is 5.92 Å². The lowest BCUT2D eigenvalue weighted by Crippen LogP contribution is -2.21. The topological polar surface area (TPSA) is 9.23 Å². The second-order valence-corrected chi connectivity index (χ2v) is 8.38. The Morgan fingerprint density at radius 3 is 2.67 bits per heavy atom. The van der Waals surface area contributed by atoms with Gasteiger partial charge in [-0.15, -0.1) is 0 Å². The molecule has 0 bridgehead atoms. The molecule has 0 heterocycles. The van der Waals surface area contributed by atoms with E-state index in [9.17, 15) is 0 Å². The summed E-state index contributed by atoms with van der Waals surface area (Å²) in [4.78, 5) is 0. The van der Waals surface area contributed by atoms with Crippen LogP contribution in [-0.2, 0) is 12.8 Å². The predicted molar refractivity (Wildman–Crippen MR) is 117 cm³/mol. The number of benzene rings is 4. The molecule has 0 fully saturated rings. The maximum Gasteiger partial charge on any atom is 0.120 e. The summed E-state index contributed by atoms with van der Waals surface area (Å²) in [6.45, 7) is 0.783. The molecule has 0 radical (unpaired) electrons. The third kappa shape index (κ3) is 3.23. The smallest absolute Gasteiger partial charge is 0.120 e. The largest absolute Gasteiger partial charge is 0.493 e. The Balaban J connectivity index is 1.41. The molecular weight excluding hydrogens is 396 g/mol. The highest BCUT2D eigenvalue weighted by Gasteiger charge is 2.21. The molecule has 0 spiro atoms. The van der Waals surface area contributed by atoms with Gasteiger partial charge in [0.25, 0.3) is 0 Å². The van der Waals surface area contributed by atoms with Gasteiger partial charge in [-0.2, -0.15) is 0 Å². The fourth-order valence-electron chi connectivity index (χ4n) is 4.36. The van der Waals surface area contributed by atoms with Gasteiger partial charge in [-0.25, -0.2) is 0 Å². The van der Waals surface area contributed by atoms with Gasteiger partial charge >= 0.3 is 0 Å². The van der Waals surface area contributed by atoms with Crippen LogP contribution < -0.4 is 4.74 Å². The molecule has 0 saturated carbocycles. The van der Waals surface area contributed by atoms with E-state index in [4.69, 9.17) is 4.74 Å². The number of hydrogen-bond acceptors (Lipinski definition) is 1. The van der Waals surface area contributed by atoms with E-state index in [1.54, 1.807) is 0 Å². The van der Waals surface area contributed by atoms with Gasteiger partial charge in [-0.05, 0) is 76.1 Å². The first kappa shape index (κ1) is 16.8. The van der Waals surface area contributed by atoms with Gasteiger partial charge in [-0.1, -0.05) is 70.5 Å². The monoisotopic (exact) mass is 416 g/mol. The normalized spacial score (nSPS) is 16.4. The minimum absolute atomic E-state index is 0.578. The van der Waals surface area contributed by atoms with Crippen molar-refractivity contribution < 1.29 is 4.74 Å². The van der Waals surface area contributed by atoms with E-state index in [-0.39, 0.29) is 0 Å². The van der Waals surface area contributed by atoms with Crippen LogP contribution in [0.5, 0.6) is 5.75 Å². The molecule has 4 aromatic carbocycles. The van der Waals surface area contributed by atoms with Crippen molar-refractivity contribution in [1.82, 2.24) is 0 Å². The van der Waals surface area contributed by atoms with Crippen molar-refractivity contribution in [3.8, 4) is 5.75 Å². The lowest BCUT2D eigenvalue weighted by atomic mass is 9.81. The molecule has 1 unspecified atom stereocenters. The summed E-state index contributed by atoms with van der Waals surface area (Å²) in [7, 11) is 0. The van der Waals surface area contributed by atoms with Crippen LogP contribution in [0, 0.1) is 5.92 Å². The Kier molecular flexibility index (Phi) is 4.37. The standard InChI is InChI=1S/C25H21BrO/c26-20-5-3-6-21(15-20)27-16-17-8-11-23-19(14-17)10-13-24-22-7-2-1-4-18(22)9-12-25(23)24/h1-7,9-10,12-13,15,17H,8,11,14,16H2. The average molecular weight is 417 g/mol. The number of halogens is 1. The Morgan fingerprint density at radius 2 is 1.74 bits per heavy atom. The van der Waals surface area contributed by atoms with Gasteiger partial charge in [0.05, 0.1) is 6.61 Å². The number of aryl methyl sites for hydroxylation is 1. The van der Waals surface area contributed by atoms with Crippen LogP contribution in [0.25, 0.3) is 21.5 Å². The van der Waals surface area contributed by atoms with Crippen molar-refractivity contribution in [3.63, 3.8) is 0 Å². The molecule has 0 saturated heterocycles. The molecule has 0 aliphatic heterocycles. The SMILES string of the molecule is Brc1cccc(OCC2CCc3c(ccc4c3ccc3ccccc34)C2)c1. The summed E-state index contributed by atoms with van der Waals surface area (Å²) < 4.78 is 7.12. The second kappa shape index (κ2) is 7.01. The summed E-state index contributed by atoms with van der Waals surface area (Å²) in [6, 6.07) is 26.0. The van der Waals surface area contributed by atoms with Gasteiger partial charge in [0.1, 0.15) is 5.75 Å². The highest BCUT2D eigenvalue weighted by atomic mass is 79.9. The van der Waals surface area contributed by atoms with Crippen LogP contribution in [0.1, 0.15) is 17.5 Å². The molecule has 27 heavy (non-hydrogen) atoms. The molecule has 134 valence electrons. The molecule has 1 aliphatic rings. The zero-order valence-electron chi connectivity index (χ0n) is 15.1. The molecular formula is C25H21BrO. The lowest BCUT2D eigenvalue weighted by Gasteiger charge is -2.26. The summed E-state index contributed by atoms with van der Waals surface area (Å²) in [5, 5.41) is 5.49. The maximum atomic E-state index is 6.06. The van der Waals surface area contributed by atoms with Gasteiger partial charge in [0, 0.05) is 4.47 Å². The van der Waals surface area contributed by atoms with Crippen LogP contribution in [-0.4, -0.2) is 6.61 Å². The van der Waals surface area contributed by atoms with Crippen LogP contribution in [0.15, 0.2) is 77.3 Å². The first-order valence-electron chi connectivity index (χ1n) is 9.58. The molecule has 1 atom stereocenters. The fraction of sp³-hybridized carbons (Fsp3) is 0.200. The van der Waals surface area contributed by atoms with Crippen molar-refractivity contribution in [3.05, 3.63) is 88.4 Å². The average Bonchev–Trinajstić information content (AvgIpc) is 2.71. The van der Waals surface area contributed by atoms with E-state index in [1.807, 2.05) is 24.3 Å². The van der Waals surface area contributed by atoms with E-state index in [0.717, 1.165) is 29.7 Å². The van der Waals surface area contributed by atoms with Gasteiger partial charge in [0.15, 0.2) is 0 Å². The second-order valence-electron chi connectivity index (χ2n) is 7.46. The minimum Gasteiger partial charge on any atom is -0.493 e. The molecule has 5 rings (SSSR count). The molecule has 4 aromatic rings. The number of hydrogen-bond donors (Lipinski definition) is 0. The lowest BCUT2D eigenvalue weighted by molar-refractivity contribution is 0.234. The zero-order chi connectivity index (χ0) is 18.2. The maximum absolute atomic E-state index is 6.06. The van der Waals surface area contributed by atoms with E-state index < -0.39 is 0 Å². The Bertz CT molecular complexity index is 1130. The van der Waals surface area contributed by atoms with E-state index in [2.05, 4.69) is 64.5 Å². The highest BCUT2D eigenvalue weighted by molar-refractivity contribution is 9.10. The van der Waals surface area contributed by atoms with Crippen molar-refractivity contribution in [1.29, 1.82) is 0 Å². The molecule has 0 amide bonds. The van der Waals surface area contributed by atoms with Crippen molar-refractivity contribution >= 4 is 37.5 Å². The van der Waals surface area contributed by atoms with Crippen molar-refractivity contribution in [2.75, 3.05) is 6.61 Å². The Morgan fingerprint density at radius 1 is 0.852 bits per heavy atom. The van der Waals surface area contributed by atoms with Crippen molar-refractivity contribution in [2.24, 2.45) is 5.92 Å². The fourth-order valence-corrected chi connectivity index (χ4v) is 4.74. The van der Waals surface area contributed by atoms with Gasteiger partial charge in [-0.3, -0.25) is 0 Å². The summed E-state index contributed by atoms with van der Waals surface area (Å²) >= 11 is 3.51. The third-order valence-corrected chi connectivity index (χ3v) is 6.22. The Labute approximate surface area is 168 Å². The number of ether oxygens (including phenoxy) is 1. The summed E-state index contributed by atoms with van der Waals surface area (Å²) in [5.41, 5.74) is 3.03. The predicted octanol–water partition coefficient (Wildman–Crippen LogP) is 6.94. The number of fused-ring (bicyclic) bond motifs is 5. The molecule has 2 heteroatoms. The van der Waals surface area contributed by atoms with Crippen LogP contribution >= 0.6 is 15.9 Å². The molecule has 0 aromatic heterocycles. The first-order valence-corrected chi connectivity index (χ1v) is 10.4. The highest BCUT2D eigenvalue weighted by Crippen LogP contribution is 2.35. The summed E-state index contributed by atoms with van der Waals surface area (Å²) in [5.74, 6) is 1.52. The first-order chi connectivity index (χ1) is 13.3. The zero-order valence-corrected chi connectivity index (χ0v) is 16.7. The third-order valence-electron chi connectivity index (χ3n) is 5.73. The molecule has 1 aliphatic carbocycles. The van der Waals surface area contributed by atoms with Crippen molar-refractivity contribution in [2.45, 2.75) is 19.3 Å².